The number of nitrogens with one attached hydrogen (secondary N) is 1. The van der Waals surface area contributed by atoms with Crippen LogP contribution in [0.25, 0.3) is 0 Å². The molecule has 5 nitrogen and oxygen atoms in total. The normalized spacial score (nSPS) is 29.5. The second-order valence-electron chi connectivity index (χ2n) is 5.74. The van der Waals surface area contributed by atoms with E-state index in [1.807, 2.05) is 28.8 Å². The Bertz CT molecular complexity index is 485. The van der Waals surface area contributed by atoms with Gasteiger partial charge in [0.2, 0.25) is 5.91 Å². The fraction of sp³-hybridized carbons (Fsp3) is 0.733. The zero-order chi connectivity index (χ0) is 14.7. The molecule has 0 aliphatic carbocycles. The molecule has 1 aromatic rings. The highest BCUT2D eigenvalue weighted by atomic mass is 32.2. The van der Waals surface area contributed by atoms with Gasteiger partial charge in [-0.05, 0) is 31.9 Å². The van der Waals surface area contributed by atoms with Crippen LogP contribution in [0.4, 0.5) is 0 Å². The molecule has 0 aromatic carbocycles. The third-order valence-electron chi connectivity index (χ3n) is 4.24. The van der Waals surface area contributed by atoms with Crippen molar-refractivity contribution in [3.63, 3.8) is 0 Å². The number of amides is 1. The molecular formula is C15H23N3O2S. The molecule has 2 fully saturated rings. The monoisotopic (exact) mass is 309 g/mol. The number of carbonyl (C=O) groups excluding carboxylic acids is 1. The highest BCUT2D eigenvalue weighted by Gasteiger charge is 2.36. The Labute approximate surface area is 129 Å². The average molecular weight is 309 g/mol. The molecule has 3 atom stereocenters. The molecule has 3 heterocycles. The van der Waals surface area contributed by atoms with Crippen LogP contribution in [-0.2, 0) is 16.1 Å². The van der Waals surface area contributed by atoms with Gasteiger partial charge in [-0.1, -0.05) is 0 Å². The van der Waals surface area contributed by atoms with Crippen molar-refractivity contribution in [2.75, 3.05) is 18.1 Å². The first-order valence-electron chi connectivity index (χ1n) is 7.80. The lowest BCUT2D eigenvalue weighted by molar-refractivity contribution is -0.127. The molecule has 1 N–H and O–H groups in total. The Morgan fingerprint density at radius 2 is 2.48 bits per heavy atom. The molecule has 116 valence electrons. The molecule has 0 saturated carbocycles. The summed E-state index contributed by atoms with van der Waals surface area (Å²) in [6.45, 7) is 3.54. The molecule has 2 aliphatic heterocycles. The van der Waals surface area contributed by atoms with E-state index in [9.17, 15) is 4.79 Å². The van der Waals surface area contributed by atoms with Gasteiger partial charge < -0.3 is 10.1 Å². The Balaban J connectivity index is 1.63. The van der Waals surface area contributed by atoms with Crippen molar-refractivity contribution in [1.29, 1.82) is 0 Å². The predicted octanol–water partition coefficient (Wildman–Crippen LogP) is 1.99. The topological polar surface area (TPSA) is 56.1 Å². The number of aryl methyl sites for hydroxylation is 1. The van der Waals surface area contributed by atoms with Gasteiger partial charge in [0.15, 0.2) is 0 Å². The zero-order valence-electron chi connectivity index (χ0n) is 12.5. The molecule has 1 aromatic heterocycles. The predicted molar refractivity (Wildman–Crippen MR) is 83.2 cm³/mol. The minimum atomic E-state index is -0.137. The molecule has 3 rings (SSSR count). The summed E-state index contributed by atoms with van der Waals surface area (Å²) in [5.74, 6) is 2.33. The van der Waals surface area contributed by atoms with E-state index in [0.29, 0.717) is 12.6 Å². The second-order valence-corrected chi connectivity index (χ2v) is 6.89. The minimum absolute atomic E-state index is 0.0774. The summed E-state index contributed by atoms with van der Waals surface area (Å²) in [4.78, 5) is 12.5. The summed E-state index contributed by atoms with van der Waals surface area (Å²) in [6, 6.07) is 0.330. The number of rotatable bonds is 4. The Morgan fingerprint density at radius 3 is 3.19 bits per heavy atom. The molecule has 0 spiro atoms. The Morgan fingerprint density at radius 1 is 1.57 bits per heavy atom. The van der Waals surface area contributed by atoms with Crippen molar-refractivity contribution >= 4 is 17.7 Å². The number of nitrogens with zero attached hydrogens (tertiary/aromatic N) is 2. The number of carbonyl (C=O) groups is 1. The summed E-state index contributed by atoms with van der Waals surface area (Å²) in [5, 5.41) is 7.50. The number of aromatic nitrogens is 2. The number of ether oxygens (including phenoxy) is 1. The van der Waals surface area contributed by atoms with E-state index in [4.69, 9.17) is 4.74 Å². The second kappa shape index (κ2) is 6.83. The Hall–Kier alpha value is -1.01. The smallest absolute Gasteiger partial charge is 0.226 e. The maximum Gasteiger partial charge on any atom is 0.226 e. The van der Waals surface area contributed by atoms with Crippen LogP contribution in [-0.4, -0.2) is 39.8 Å². The van der Waals surface area contributed by atoms with E-state index in [-0.39, 0.29) is 17.9 Å². The van der Waals surface area contributed by atoms with Gasteiger partial charge in [-0.3, -0.25) is 9.48 Å². The number of hydrogen-bond acceptors (Lipinski definition) is 4. The van der Waals surface area contributed by atoms with Crippen molar-refractivity contribution in [1.82, 2.24) is 15.1 Å². The van der Waals surface area contributed by atoms with Crippen LogP contribution in [0.15, 0.2) is 12.4 Å². The van der Waals surface area contributed by atoms with Gasteiger partial charge in [-0.2, -0.15) is 16.9 Å². The molecule has 2 saturated heterocycles. The van der Waals surface area contributed by atoms with Crippen LogP contribution in [0.5, 0.6) is 0 Å². The van der Waals surface area contributed by atoms with Crippen molar-refractivity contribution in [3.8, 4) is 0 Å². The lowest BCUT2D eigenvalue weighted by Gasteiger charge is -2.25. The standard InChI is InChI=1S/C15H23N3O2S/c1-2-18-9-11(8-16-18)14-13(5-6-20-14)15(19)17-12-4-3-7-21-10-12/h8-9,12-14H,2-7,10H2,1H3,(H,17,19)/t12-,13+,14-/m1/s1. The van der Waals surface area contributed by atoms with Crippen LogP contribution < -0.4 is 5.32 Å². The fourth-order valence-corrected chi connectivity index (χ4v) is 4.12. The molecule has 0 bridgehead atoms. The molecular weight excluding hydrogens is 286 g/mol. The lowest BCUT2D eigenvalue weighted by Crippen LogP contribution is -2.42. The highest BCUT2D eigenvalue weighted by Crippen LogP contribution is 2.34. The van der Waals surface area contributed by atoms with Crippen LogP contribution in [0.3, 0.4) is 0 Å². The maximum atomic E-state index is 12.5. The van der Waals surface area contributed by atoms with Gasteiger partial charge in [0.25, 0.3) is 0 Å². The van der Waals surface area contributed by atoms with Crippen LogP contribution >= 0.6 is 11.8 Å². The maximum absolute atomic E-state index is 12.5. The van der Waals surface area contributed by atoms with Gasteiger partial charge in [-0.25, -0.2) is 0 Å². The third-order valence-corrected chi connectivity index (χ3v) is 5.46. The van der Waals surface area contributed by atoms with Gasteiger partial charge in [0.05, 0.1) is 18.2 Å². The Kier molecular flexibility index (Phi) is 4.85. The largest absolute Gasteiger partial charge is 0.373 e. The first kappa shape index (κ1) is 14.9. The first-order valence-corrected chi connectivity index (χ1v) is 8.95. The van der Waals surface area contributed by atoms with Gasteiger partial charge in [0.1, 0.15) is 0 Å². The van der Waals surface area contributed by atoms with Gasteiger partial charge in [-0.15, -0.1) is 0 Å². The minimum Gasteiger partial charge on any atom is -0.373 e. The molecule has 1 amide bonds. The summed E-state index contributed by atoms with van der Waals surface area (Å²) >= 11 is 1.93. The van der Waals surface area contributed by atoms with Gasteiger partial charge >= 0.3 is 0 Å². The quantitative estimate of drug-likeness (QED) is 0.924. The van der Waals surface area contributed by atoms with Gasteiger partial charge in [0, 0.05) is 36.7 Å². The van der Waals surface area contributed by atoms with E-state index in [0.717, 1.165) is 30.7 Å². The fourth-order valence-electron chi connectivity index (χ4n) is 3.05. The lowest BCUT2D eigenvalue weighted by atomic mass is 9.96. The third kappa shape index (κ3) is 3.43. The highest BCUT2D eigenvalue weighted by molar-refractivity contribution is 7.99. The van der Waals surface area contributed by atoms with Crippen LogP contribution in [0.2, 0.25) is 0 Å². The summed E-state index contributed by atoms with van der Waals surface area (Å²) in [7, 11) is 0. The van der Waals surface area contributed by atoms with E-state index in [1.165, 1.54) is 12.2 Å². The molecule has 6 heteroatoms. The molecule has 0 radical (unpaired) electrons. The van der Waals surface area contributed by atoms with Crippen LogP contribution in [0, 0.1) is 5.92 Å². The summed E-state index contributed by atoms with van der Waals surface area (Å²) in [5.41, 5.74) is 1.02. The van der Waals surface area contributed by atoms with E-state index >= 15 is 0 Å². The summed E-state index contributed by atoms with van der Waals surface area (Å²) < 4.78 is 7.68. The van der Waals surface area contributed by atoms with E-state index < -0.39 is 0 Å². The van der Waals surface area contributed by atoms with Crippen molar-refractivity contribution in [3.05, 3.63) is 18.0 Å². The van der Waals surface area contributed by atoms with Crippen molar-refractivity contribution in [2.45, 2.75) is 44.9 Å². The number of thioether (sulfide) groups is 1. The average Bonchev–Trinajstić information content (AvgIpc) is 3.16. The SMILES string of the molecule is CCn1cc([C@H]2OCC[C@@H]2C(=O)N[C@@H]2CCCSC2)cn1. The number of hydrogen-bond donors (Lipinski definition) is 1. The first-order chi connectivity index (χ1) is 10.3. The van der Waals surface area contributed by atoms with E-state index in [2.05, 4.69) is 17.3 Å². The van der Waals surface area contributed by atoms with Crippen molar-refractivity contribution in [2.24, 2.45) is 5.92 Å². The summed E-state index contributed by atoms with van der Waals surface area (Å²) in [6.07, 6.45) is 6.78. The van der Waals surface area contributed by atoms with Crippen LogP contribution in [0.1, 0.15) is 37.9 Å². The molecule has 0 unspecified atom stereocenters. The molecule has 21 heavy (non-hydrogen) atoms. The molecule has 2 aliphatic rings. The zero-order valence-corrected chi connectivity index (χ0v) is 13.3. The van der Waals surface area contributed by atoms with Crippen molar-refractivity contribution < 1.29 is 9.53 Å². The van der Waals surface area contributed by atoms with E-state index in [1.54, 1.807) is 0 Å².